The highest BCUT2D eigenvalue weighted by Crippen LogP contribution is 2.19. The number of aromatic nitrogens is 1. The lowest BCUT2D eigenvalue weighted by molar-refractivity contribution is 0.108. The van der Waals surface area contributed by atoms with E-state index in [1.54, 1.807) is 30.5 Å². The minimum Gasteiger partial charge on any atom is -0.444 e. The van der Waals surface area contributed by atoms with E-state index in [0.717, 1.165) is 5.56 Å². The fourth-order valence-corrected chi connectivity index (χ4v) is 1.25. The van der Waals surface area contributed by atoms with Crippen molar-refractivity contribution < 1.29 is 9.21 Å². The summed E-state index contributed by atoms with van der Waals surface area (Å²) in [6.07, 6.45) is 2.97. The Morgan fingerprint density at radius 2 is 2.00 bits per heavy atom. The summed E-state index contributed by atoms with van der Waals surface area (Å²) in [4.78, 5) is 14.6. The van der Waals surface area contributed by atoms with Gasteiger partial charge in [-0.15, -0.1) is 0 Å². The smallest absolute Gasteiger partial charge is 0.252 e. The summed E-state index contributed by atoms with van der Waals surface area (Å²) in [5, 5.41) is -0.464. The first kappa shape index (κ1) is 8.97. The molecule has 0 saturated heterocycles. The number of oxazole rings is 1. The number of halogens is 1. The van der Waals surface area contributed by atoms with Crippen molar-refractivity contribution in [2.45, 2.75) is 0 Å². The third kappa shape index (κ3) is 1.67. The monoisotopic (exact) mass is 207 g/mol. The van der Waals surface area contributed by atoms with Crippen molar-refractivity contribution in [3.05, 3.63) is 42.4 Å². The second kappa shape index (κ2) is 3.64. The number of carbonyl (C=O) groups excluding carboxylic acids is 1. The molecule has 4 heteroatoms. The molecule has 1 heterocycles. The van der Waals surface area contributed by atoms with Crippen LogP contribution in [-0.2, 0) is 0 Å². The zero-order chi connectivity index (χ0) is 9.97. The van der Waals surface area contributed by atoms with Crippen LogP contribution >= 0.6 is 11.6 Å². The van der Waals surface area contributed by atoms with Gasteiger partial charge in [0, 0.05) is 11.1 Å². The summed E-state index contributed by atoms with van der Waals surface area (Å²) in [6.45, 7) is 0. The number of hydrogen-bond donors (Lipinski definition) is 0. The maximum Gasteiger partial charge on any atom is 0.252 e. The van der Waals surface area contributed by atoms with Gasteiger partial charge in [0.2, 0.25) is 0 Å². The fraction of sp³-hybridized carbons (Fsp3) is 0. The van der Waals surface area contributed by atoms with Crippen molar-refractivity contribution >= 4 is 16.8 Å². The Hall–Kier alpha value is -1.61. The van der Waals surface area contributed by atoms with E-state index in [9.17, 15) is 4.79 Å². The Kier molecular flexibility index (Phi) is 2.33. The van der Waals surface area contributed by atoms with Crippen molar-refractivity contribution in [2.24, 2.45) is 0 Å². The summed E-state index contributed by atoms with van der Waals surface area (Å²) in [7, 11) is 0. The molecule has 0 bridgehead atoms. The molecule has 0 fully saturated rings. The van der Waals surface area contributed by atoms with Crippen LogP contribution in [0.1, 0.15) is 10.4 Å². The van der Waals surface area contributed by atoms with E-state index in [4.69, 9.17) is 16.0 Å². The predicted molar refractivity (Wildman–Crippen MR) is 52.1 cm³/mol. The highest BCUT2D eigenvalue weighted by Gasteiger charge is 2.03. The van der Waals surface area contributed by atoms with Gasteiger partial charge < -0.3 is 4.42 Å². The van der Waals surface area contributed by atoms with Crippen molar-refractivity contribution in [3.8, 4) is 11.3 Å². The van der Waals surface area contributed by atoms with Gasteiger partial charge in [0.1, 0.15) is 0 Å². The van der Waals surface area contributed by atoms with Gasteiger partial charge in [0.05, 0.1) is 6.20 Å². The molecule has 0 aliphatic heterocycles. The molecular formula is C10H6ClNO2. The van der Waals surface area contributed by atoms with Crippen molar-refractivity contribution in [1.29, 1.82) is 0 Å². The molecule has 0 saturated carbocycles. The van der Waals surface area contributed by atoms with Crippen LogP contribution in [0.5, 0.6) is 0 Å². The van der Waals surface area contributed by atoms with E-state index < -0.39 is 5.24 Å². The highest BCUT2D eigenvalue weighted by atomic mass is 35.5. The number of nitrogens with zero attached hydrogens (tertiary/aromatic N) is 1. The zero-order valence-corrected chi connectivity index (χ0v) is 7.86. The first-order valence-corrected chi connectivity index (χ1v) is 4.34. The Balaban J connectivity index is 2.36. The largest absolute Gasteiger partial charge is 0.444 e. The SMILES string of the molecule is O=C(Cl)c1ccc(-c2cnco2)cc1. The predicted octanol–water partition coefficient (Wildman–Crippen LogP) is 2.72. The molecule has 0 atom stereocenters. The first-order valence-electron chi connectivity index (χ1n) is 3.96. The molecule has 70 valence electrons. The lowest BCUT2D eigenvalue weighted by Crippen LogP contribution is -1.87. The molecular weight excluding hydrogens is 202 g/mol. The summed E-state index contributed by atoms with van der Waals surface area (Å²) in [6, 6.07) is 6.81. The van der Waals surface area contributed by atoms with E-state index in [0.29, 0.717) is 11.3 Å². The first-order chi connectivity index (χ1) is 6.77. The molecule has 2 aromatic rings. The van der Waals surface area contributed by atoms with E-state index in [1.165, 1.54) is 6.39 Å². The molecule has 0 N–H and O–H groups in total. The Bertz CT molecular complexity index is 434. The Morgan fingerprint density at radius 3 is 2.50 bits per heavy atom. The van der Waals surface area contributed by atoms with Crippen LogP contribution in [-0.4, -0.2) is 10.2 Å². The number of carbonyl (C=O) groups is 1. The van der Waals surface area contributed by atoms with Gasteiger partial charge in [0.15, 0.2) is 12.2 Å². The van der Waals surface area contributed by atoms with Crippen LogP contribution in [0.25, 0.3) is 11.3 Å². The Morgan fingerprint density at radius 1 is 1.29 bits per heavy atom. The standard InChI is InChI=1S/C10H6ClNO2/c11-10(13)8-3-1-7(2-4-8)9-5-12-6-14-9/h1-6H. The second-order valence-corrected chi connectivity index (χ2v) is 3.06. The second-order valence-electron chi connectivity index (χ2n) is 2.72. The van der Waals surface area contributed by atoms with Crippen molar-refractivity contribution in [1.82, 2.24) is 4.98 Å². The quantitative estimate of drug-likeness (QED) is 0.712. The van der Waals surface area contributed by atoms with E-state index >= 15 is 0 Å². The number of benzene rings is 1. The van der Waals surface area contributed by atoms with Crippen LogP contribution in [0.4, 0.5) is 0 Å². The van der Waals surface area contributed by atoms with E-state index in [2.05, 4.69) is 4.98 Å². The highest BCUT2D eigenvalue weighted by molar-refractivity contribution is 6.67. The molecule has 14 heavy (non-hydrogen) atoms. The molecule has 0 amide bonds. The van der Waals surface area contributed by atoms with Crippen LogP contribution in [0.15, 0.2) is 41.3 Å². The molecule has 1 aromatic heterocycles. The maximum absolute atomic E-state index is 10.8. The molecule has 0 spiro atoms. The van der Waals surface area contributed by atoms with Crippen molar-refractivity contribution in [2.75, 3.05) is 0 Å². The summed E-state index contributed by atoms with van der Waals surface area (Å²) in [5.74, 6) is 0.665. The third-order valence-corrected chi connectivity index (χ3v) is 2.05. The van der Waals surface area contributed by atoms with Gasteiger partial charge in [-0.25, -0.2) is 4.98 Å². The van der Waals surface area contributed by atoms with Gasteiger partial charge in [-0.1, -0.05) is 12.1 Å². The Labute approximate surface area is 85.3 Å². The average Bonchev–Trinajstić information content (AvgIpc) is 2.71. The van der Waals surface area contributed by atoms with Crippen LogP contribution in [0.3, 0.4) is 0 Å². The lowest BCUT2D eigenvalue weighted by atomic mass is 10.1. The van der Waals surface area contributed by atoms with Gasteiger partial charge in [0.25, 0.3) is 5.24 Å². The molecule has 0 aliphatic rings. The minimum absolute atomic E-state index is 0.464. The van der Waals surface area contributed by atoms with E-state index in [-0.39, 0.29) is 0 Å². The zero-order valence-electron chi connectivity index (χ0n) is 7.11. The lowest BCUT2D eigenvalue weighted by Gasteiger charge is -1.96. The molecule has 1 aromatic carbocycles. The van der Waals surface area contributed by atoms with Gasteiger partial charge in [-0.3, -0.25) is 4.79 Å². The number of hydrogen-bond acceptors (Lipinski definition) is 3. The van der Waals surface area contributed by atoms with Gasteiger partial charge in [-0.2, -0.15) is 0 Å². The molecule has 0 unspecified atom stereocenters. The van der Waals surface area contributed by atoms with Crippen LogP contribution in [0, 0.1) is 0 Å². The molecule has 3 nitrogen and oxygen atoms in total. The fourth-order valence-electron chi connectivity index (χ4n) is 1.12. The molecule has 0 aliphatic carbocycles. The van der Waals surface area contributed by atoms with Crippen LogP contribution in [0.2, 0.25) is 0 Å². The summed E-state index contributed by atoms with van der Waals surface area (Å²) < 4.78 is 5.09. The van der Waals surface area contributed by atoms with Gasteiger partial charge >= 0.3 is 0 Å². The molecule has 2 rings (SSSR count). The average molecular weight is 208 g/mol. The topological polar surface area (TPSA) is 43.1 Å². The summed E-state index contributed by atoms with van der Waals surface area (Å²) in [5.41, 5.74) is 1.33. The number of rotatable bonds is 2. The summed E-state index contributed by atoms with van der Waals surface area (Å²) >= 11 is 5.31. The third-order valence-electron chi connectivity index (χ3n) is 1.83. The van der Waals surface area contributed by atoms with E-state index in [1.807, 2.05) is 0 Å². The van der Waals surface area contributed by atoms with Crippen molar-refractivity contribution in [3.63, 3.8) is 0 Å². The maximum atomic E-state index is 10.8. The minimum atomic E-state index is -0.464. The van der Waals surface area contributed by atoms with Gasteiger partial charge in [-0.05, 0) is 23.7 Å². The van der Waals surface area contributed by atoms with Crippen LogP contribution < -0.4 is 0 Å². The molecule has 0 radical (unpaired) electrons. The normalized spacial score (nSPS) is 10.1.